The quantitative estimate of drug-likeness (QED) is 0.636. The van der Waals surface area contributed by atoms with Crippen LogP contribution in [0.5, 0.6) is 0 Å². The highest BCUT2D eigenvalue weighted by molar-refractivity contribution is 5.40. The number of hydrogen-bond acceptors (Lipinski definition) is 1. The fourth-order valence-corrected chi connectivity index (χ4v) is 2.96. The van der Waals surface area contributed by atoms with E-state index in [1.807, 2.05) is 0 Å². The van der Waals surface area contributed by atoms with Gasteiger partial charge >= 0.3 is 0 Å². The van der Waals surface area contributed by atoms with Crippen LogP contribution in [-0.2, 0) is 6.42 Å². The van der Waals surface area contributed by atoms with Crippen molar-refractivity contribution < 1.29 is 0 Å². The fourth-order valence-electron chi connectivity index (χ4n) is 2.96. The Bertz CT molecular complexity index is 343. The van der Waals surface area contributed by atoms with Crippen LogP contribution in [-0.4, -0.2) is 4.98 Å². The van der Waals surface area contributed by atoms with E-state index in [0.717, 1.165) is 18.3 Å². The highest BCUT2D eigenvalue weighted by Crippen LogP contribution is 2.52. The lowest BCUT2D eigenvalue weighted by Crippen LogP contribution is -2.00. The van der Waals surface area contributed by atoms with E-state index in [2.05, 4.69) is 24.2 Å². The van der Waals surface area contributed by atoms with Gasteiger partial charge in [-0.05, 0) is 54.7 Å². The van der Waals surface area contributed by atoms with Crippen LogP contribution >= 0.6 is 0 Å². The molecule has 1 aromatic rings. The number of rotatable bonds is 1. The van der Waals surface area contributed by atoms with Crippen LogP contribution in [0.15, 0.2) is 12.3 Å². The van der Waals surface area contributed by atoms with Gasteiger partial charge in [-0.2, -0.15) is 0 Å². The summed E-state index contributed by atoms with van der Waals surface area (Å²) in [5.41, 5.74) is 4.46. The van der Waals surface area contributed by atoms with Gasteiger partial charge in [0.2, 0.25) is 0 Å². The van der Waals surface area contributed by atoms with Gasteiger partial charge in [0, 0.05) is 11.9 Å². The molecular weight excluding hydrogens is 158 g/mol. The molecule has 0 radical (unpaired) electrons. The van der Waals surface area contributed by atoms with Gasteiger partial charge in [0.15, 0.2) is 0 Å². The Kier molecular flexibility index (Phi) is 1.49. The summed E-state index contributed by atoms with van der Waals surface area (Å²) in [6.45, 7) is 2.18. The van der Waals surface area contributed by atoms with Crippen LogP contribution in [0.2, 0.25) is 0 Å². The molecule has 13 heavy (non-hydrogen) atoms. The highest BCUT2D eigenvalue weighted by atomic mass is 14.7. The lowest BCUT2D eigenvalue weighted by atomic mass is 9.93. The van der Waals surface area contributed by atoms with Gasteiger partial charge in [-0.15, -0.1) is 0 Å². The maximum Gasteiger partial charge on any atom is 0.0403 e. The van der Waals surface area contributed by atoms with E-state index in [-0.39, 0.29) is 0 Å². The molecular formula is C12H15N. The summed E-state index contributed by atoms with van der Waals surface area (Å²) >= 11 is 0. The topological polar surface area (TPSA) is 12.9 Å². The Morgan fingerprint density at radius 1 is 1.31 bits per heavy atom. The third-order valence-electron chi connectivity index (χ3n) is 3.70. The second-order valence-electron chi connectivity index (χ2n) is 4.37. The first-order valence-corrected chi connectivity index (χ1v) is 5.37. The monoisotopic (exact) mass is 173 g/mol. The minimum atomic E-state index is 0.860. The number of hydrogen-bond donors (Lipinski definition) is 0. The van der Waals surface area contributed by atoms with Gasteiger partial charge < -0.3 is 0 Å². The molecule has 0 N–H and O–H groups in total. The molecule has 2 bridgehead atoms. The second kappa shape index (κ2) is 2.57. The zero-order valence-corrected chi connectivity index (χ0v) is 8.09. The molecule has 1 nitrogen and oxygen atoms in total. The van der Waals surface area contributed by atoms with E-state index in [9.17, 15) is 0 Å². The summed E-state index contributed by atoms with van der Waals surface area (Å²) in [7, 11) is 0. The minimum Gasteiger partial charge on any atom is -0.261 e. The lowest BCUT2D eigenvalue weighted by molar-refractivity contribution is 0.710. The largest absolute Gasteiger partial charge is 0.261 e. The molecule has 1 heterocycles. The third-order valence-corrected chi connectivity index (χ3v) is 3.70. The molecule has 0 aromatic carbocycles. The van der Waals surface area contributed by atoms with E-state index >= 15 is 0 Å². The van der Waals surface area contributed by atoms with Crippen molar-refractivity contribution >= 4 is 0 Å². The van der Waals surface area contributed by atoms with Crippen molar-refractivity contribution in [3.05, 3.63) is 29.1 Å². The maximum absolute atomic E-state index is 4.49. The van der Waals surface area contributed by atoms with Gasteiger partial charge in [-0.25, -0.2) is 0 Å². The summed E-state index contributed by atoms with van der Waals surface area (Å²) in [5, 5.41) is 0. The SMILES string of the molecule is CCc1cc2c(cn1)C1CCC2C1. The molecule has 2 aliphatic rings. The predicted octanol–water partition coefficient (Wildman–Crippen LogP) is 3.01. The molecule has 1 aromatic heterocycles. The van der Waals surface area contributed by atoms with Crippen molar-refractivity contribution in [3.8, 4) is 0 Å². The molecule has 0 amide bonds. The molecule has 2 unspecified atom stereocenters. The zero-order chi connectivity index (χ0) is 8.84. The van der Waals surface area contributed by atoms with Crippen LogP contribution in [0, 0.1) is 0 Å². The first-order valence-electron chi connectivity index (χ1n) is 5.37. The molecule has 1 saturated carbocycles. The van der Waals surface area contributed by atoms with Crippen molar-refractivity contribution in [2.45, 2.75) is 44.4 Å². The van der Waals surface area contributed by atoms with E-state index in [1.165, 1.54) is 25.0 Å². The van der Waals surface area contributed by atoms with Gasteiger partial charge in [0.05, 0.1) is 0 Å². The number of fused-ring (bicyclic) bond motifs is 5. The minimum absolute atomic E-state index is 0.860. The van der Waals surface area contributed by atoms with Crippen LogP contribution < -0.4 is 0 Å². The van der Waals surface area contributed by atoms with Crippen molar-refractivity contribution in [3.63, 3.8) is 0 Å². The lowest BCUT2D eigenvalue weighted by Gasteiger charge is -2.14. The number of aromatic nitrogens is 1. The molecule has 1 heteroatoms. The van der Waals surface area contributed by atoms with Gasteiger partial charge in [-0.3, -0.25) is 4.98 Å². The molecule has 2 atom stereocenters. The van der Waals surface area contributed by atoms with Gasteiger partial charge in [0.25, 0.3) is 0 Å². The third kappa shape index (κ3) is 0.962. The van der Waals surface area contributed by atoms with E-state index in [0.29, 0.717) is 0 Å². The second-order valence-corrected chi connectivity index (χ2v) is 4.37. The molecule has 2 aliphatic carbocycles. The summed E-state index contributed by atoms with van der Waals surface area (Å²) in [5.74, 6) is 1.74. The average Bonchev–Trinajstić information content (AvgIpc) is 2.77. The highest BCUT2D eigenvalue weighted by Gasteiger charge is 2.36. The molecule has 0 saturated heterocycles. The summed E-state index contributed by atoms with van der Waals surface area (Å²) in [4.78, 5) is 4.49. The summed E-state index contributed by atoms with van der Waals surface area (Å²) in [6, 6.07) is 2.35. The smallest absolute Gasteiger partial charge is 0.0403 e. The van der Waals surface area contributed by atoms with E-state index < -0.39 is 0 Å². The summed E-state index contributed by atoms with van der Waals surface area (Å²) in [6.07, 6.45) is 7.45. The zero-order valence-electron chi connectivity index (χ0n) is 8.09. The van der Waals surface area contributed by atoms with Crippen molar-refractivity contribution in [1.82, 2.24) is 4.98 Å². The number of nitrogens with zero attached hydrogens (tertiary/aromatic N) is 1. The normalized spacial score (nSPS) is 29.3. The first kappa shape index (κ1) is 7.54. The molecule has 3 rings (SSSR count). The molecule has 0 spiro atoms. The first-order chi connectivity index (χ1) is 6.38. The van der Waals surface area contributed by atoms with Crippen LogP contribution in [0.3, 0.4) is 0 Å². The van der Waals surface area contributed by atoms with Crippen molar-refractivity contribution in [1.29, 1.82) is 0 Å². The van der Waals surface area contributed by atoms with Crippen LogP contribution in [0.25, 0.3) is 0 Å². The Morgan fingerprint density at radius 2 is 2.08 bits per heavy atom. The predicted molar refractivity (Wildman–Crippen MR) is 52.9 cm³/mol. The van der Waals surface area contributed by atoms with Crippen LogP contribution in [0.4, 0.5) is 0 Å². The van der Waals surface area contributed by atoms with Crippen molar-refractivity contribution in [2.24, 2.45) is 0 Å². The van der Waals surface area contributed by atoms with Gasteiger partial charge in [0.1, 0.15) is 0 Å². The van der Waals surface area contributed by atoms with Crippen molar-refractivity contribution in [2.75, 3.05) is 0 Å². The molecule has 1 fully saturated rings. The maximum atomic E-state index is 4.49. The molecule has 68 valence electrons. The standard InChI is InChI=1S/C12H15N/c1-2-10-6-11-8-3-4-9(5-8)12(11)7-13-10/h6-9H,2-5H2,1H3. The Morgan fingerprint density at radius 3 is 2.85 bits per heavy atom. The van der Waals surface area contributed by atoms with E-state index in [1.54, 1.807) is 11.1 Å². The number of aryl methyl sites for hydroxylation is 1. The Labute approximate surface area is 79.2 Å². The van der Waals surface area contributed by atoms with E-state index in [4.69, 9.17) is 0 Å². The fraction of sp³-hybridized carbons (Fsp3) is 0.583. The number of pyridine rings is 1. The Balaban J connectivity index is 2.11. The van der Waals surface area contributed by atoms with Crippen LogP contribution in [0.1, 0.15) is 54.8 Å². The summed E-state index contributed by atoms with van der Waals surface area (Å²) < 4.78 is 0. The molecule has 0 aliphatic heterocycles. The average molecular weight is 173 g/mol. The Hall–Kier alpha value is -0.850. The van der Waals surface area contributed by atoms with Gasteiger partial charge in [-0.1, -0.05) is 6.92 Å².